The van der Waals surface area contributed by atoms with Crippen molar-refractivity contribution in [3.63, 3.8) is 0 Å². The van der Waals surface area contributed by atoms with Crippen LogP contribution in [0.5, 0.6) is 5.75 Å². The number of hydrogen-bond acceptors (Lipinski definition) is 3. The van der Waals surface area contributed by atoms with E-state index in [0.29, 0.717) is 6.61 Å². The second-order valence-electron chi connectivity index (χ2n) is 4.73. The molecule has 0 aromatic heterocycles. The maximum atomic E-state index is 11.9. The van der Waals surface area contributed by atoms with Crippen LogP contribution in [0.2, 0.25) is 0 Å². The molecular weight excluding hydrogens is 264 g/mol. The van der Waals surface area contributed by atoms with Crippen molar-refractivity contribution in [1.29, 1.82) is 0 Å². The van der Waals surface area contributed by atoms with E-state index in [9.17, 15) is 4.79 Å². The summed E-state index contributed by atoms with van der Waals surface area (Å²) in [5, 5.41) is 5.93. The molecule has 0 atom stereocenters. The normalized spacial score (nSPS) is 10.0. The molecule has 0 aliphatic carbocycles. The third-order valence-corrected chi connectivity index (χ3v) is 2.93. The van der Waals surface area contributed by atoms with Gasteiger partial charge in [-0.05, 0) is 38.1 Å². The second-order valence-corrected chi connectivity index (χ2v) is 4.73. The maximum Gasteiger partial charge on any atom is 0.243 e. The van der Waals surface area contributed by atoms with E-state index < -0.39 is 0 Å². The van der Waals surface area contributed by atoms with Gasteiger partial charge >= 0.3 is 0 Å². The van der Waals surface area contributed by atoms with Crippen molar-refractivity contribution in [1.82, 2.24) is 0 Å². The molecule has 2 rings (SSSR count). The number of carbonyl (C=O) groups is 1. The van der Waals surface area contributed by atoms with Crippen LogP contribution in [0.1, 0.15) is 12.5 Å². The molecule has 0 bridgehead atoms. The summed E-state index contributed by atoms with van der Waals surface area (Å²) >= 11 is 0. The van der Waals surface area contributed by atoms with Gasteiger partial charge in [-0.3, -0.25) is 4.79 Å². The highest BCUT2D eigenvalue weighted by molar-refractivity contribution is 5.93. The minimum absolute atomic E-state index is 0.0933. The molecule has 2 aromatic rings. The van der Waals surface area contributed by atoms with Crippen LogP contribution in [0.4, 0.5) is 11.4 Å². The van der Waals surface area contributed by atoms with E-state index in [2.05, 4.69) is 10.6 Å². The van der Waals surface area contributed by atoms with Crippen molar-refractivity contribution in [2.75, 3.05) is 23.8 Å². The smallest absolute Gasteiger partial charge is 0.243 e. The van der Waals surface area contributed by atoms with Gasteiger partial charge in [0.15, 0.2) is 0 Å². The molecule has 1 amide bonds. The Morgan fingerprint density at radius 2 is 1.86 bits per heavy atom. The molecule has 0 unspecified atom stereocenters. The van der Waals surface area contributed by atoms with Crippen LogP contribution < -0.4 is 15.4 Å². The Morgan fingerprint density at radius 3 is 2.57 bits per heavy atom. The van der Waals surface area contributed by atoms with Crippen molar-refractivity contribution < 1.29 is 9.53 Å². The lowest BCUT2D eigenvalue weighted by atomic mass is 10.2. The highest BCUT2D eigenvalue weighted by Gasteiger charge is 2.03. The van der Waals surface area contributed by atoms with E-state index in [1.807, 2.05) is 62.4 Å². The SMILES string of the molecule is CCOc1cccc(NC(=O)CNc2ccc(C)cc2)c1. The number of benzene rings is 2. The van der Waals surface area contributed by atoms with Gasteiger partial charge in [-0.15, -0.1) is 0 Å². The molecule has 0 fully saturated rings. The van der Waals surface area contributed by atoms with Crippen LogP contribution in [-0.4, -0.2) is 19.1 Å². The Bertz CT molecular complexity index is 594. The lowest BCUT2D eigenvalue weighted by Gasteiger charge is -2.09. The second kappa shape index (κ2) is 7.33. The minimum atomic E-state index is -0.0933. The zero-order valence-corrected chi connectivity index (χ0v) is 12.3. The number of hydrogen-bond donors (Lipinski definition) is 2. The quantitative estimate of drug-likeness (QED) is 0.854. The van der Waals surface area contributed by atoms with Gasteiger partial charge in [0.2, 0.25) is 5.91 Å². The number of carbonyl (C=O) groups excluding carboxylic acids is 1. The fraction of sp³-hybridized carbons (Fsp3) is 0.235. The molecule has 4 nitrogen and oxygen atoms in total. The number of amides is 1. The van der Waals surface area contributed by atoms with Crippen LogP contribution in [0, 0.1) is 6.92 Å². The number of anilines is 2. The fourth-order valence-electron chi connectivity index (χ4n) is 1.89. The van der Waals surface area contributed by atoms with Crippen LogP contribution in [0.15, 0.2) is 48.5 Å². The molecule has 21 heavy (non-hydrogen) atoms. The molecule has 2 aromatic carbocycles. The lowest BCUT2D eigenvalue weighted by molar-refractivity contribution is -0.114. The average Bonchev–Trinajstić information content (AvgIpc) is 2.47. The average molecular weight is 284 g/mol. The Balaban J connectivity index is 1.86. The molecule has 2 N–H and O–H groups in total. The van der Waals surface area contributed by atoms with E-state index in [-0.39, 0.29) is 12.5 Å². The van der Waals surface area contributed by atoms with Crippen LogP contribution in [0.25, 0.3) is 0 Å². The van der Waals surface area contributed by atoms with Gasteiger partial charge in [-0.2, -0.15) is 0 Å². The predicted octanol–water partition coefficient (Wildman–Crippen LogP) is 3.44. The van der Waals surface area contributed by atoms with Gasteiger partial charge < -0.3 is 15.4 Å². The van der Waals surface area contributed by atoms with Crippen molar-refractivity contribution in [2.45, 2.75) is 13.8 Å². The third-order valence-electron chi connectivity index (χ3n) is 2.93. The first-order chi connectivity index (χ1) is 10.2. The van der Waals surface area contributed by atoms with E-state index >= 15 is 0 Å². The number of rotatable bonds is 6. The molecule has 0 aliphatic rings. The molecule has 4 heteroatoms. The van der Waals surface area contributed by atoms with Crippen LogP contribution in [0.3, 0.4) is 0 Å². The summed E-state index contributed by atoms with van der Waals surface area (Å²) in [6.45, 7) is 4.78. The summed E-state index contributed by atoms with van der Waals surface area (Å²) in [6.07, 6.45) is 0. The first-order valence-electron chi connectivity index (χ1n) is 7.00. The van der Waals surface area contributed by atoms with Crippen molar-refractivity contribution in [3.05, 3.63) is 54.1 Å². The predicted molar refractivity (Wildman–Crippen MR) is 85.9 cm³/mol. The molecule has 0 radical (unpaired) electrons. The summed E-state index contributed by atoms with van der Waals surface area (Å²) in [4.78, 5) is 11.9. The van der Waals surface area contributed by atoms with E-state index in [0.717, 1.165) is 17.1 Å². The standard InChI is InChI=1S/C17H20N2O2/c1-3-21-16-6-4-5-15(11-16)19-17(20)12-18-14-9-7-13(2)8-10-14/h4-11,18H,3,12H2,1-2H3,(H,19,20). The topological polar surface area (TPSA) is 50.4 Å². The summed E-state index contributed by atoms with van der Waals surface area (Å²) in [5.74, 6) is 0.658. The minimum Gasteiger partial charge on any atom is -0.494 e. The highest BCUT2D eigenvalue weighted by Crippen LogP contribution is 2.17. The van der Waals surface area contributed by atoms with Gasteiger partial charge in [-0.1, -0.05) is 23.8 Å². The van der Waals surface area contributed by atoms with Crippen LogP contribution in [-0.2, 0) is 4.79 Å². The molecule has 0 heterocycles. The zero-order chi connectivity index (χ0) is 15.1. The molecule has 0 aliphatic heterocycles. The highest BCUT2D eigenvalue weighted by atomic mass is 16.5. The monoisotopic (exact) mass is 284 g/mol. The Morgan fingerprint density at radius 1 is 1.10 bits per heavy atom. The van der Waals surface area contributed by atoms with Gasteiger partial charge in [0.25, 0.3) is 0 Å². The first kappa shape index (κ1) is 14.9. The lowest BCUT2D eigenvalue weighted by Crippen LogP contribution is -2.21. The van der Waals surface area contributed by atoms with Gasteiger partial charge in [0.05, 0.1) is 13.2 Å². The first-order valence-corrected chi connectivity index (χ1v) is 7.00. The zero-order valence-electron chi connectivity index (χ0n) is 12.3. The van der Waals surface area contributed by atoms with Crippen molar-refractivity contribution >= 4 is 17.3 Å². The van der Waals surface area contributed by atoms with Gasteiger partial charge in [0.1, 0.15) is 5.75 Å². The Hall–Kier alpha value is -2.49. The molecule has 0 saturated heterocycles. The summed E-state index contributed by atoms with van der Waals surface area (Å²) in [7, 11) is 0. The number of nitrogens with one attached hydrogen (secondary N) is 2. The Labute approximate surface area is 125 Å². The molecular formula is C17H20N2O2. The molecule has 110 valence electrons. The maximum absolute atomic E-state index is 11.9. The summed E-state index contributed by atoms with van der Waals surface area (Å²) < 4.78 is 5.40. The molecule has 0 spiro atoms. The fourth-order valence-corrected chi connectivity index (χ4v) is 1.89. The molecule has 0 saturated carbocycles. The summed E-state index contributed by atoms with van der Waals surface area (Å²) in [6, 6.07) is 15.3. The van der Waals surface area contributed by atoms with Gasteiger partial charge in [-0.25, -0.2) is 0 Å². The Kier molecular flexibility index (Phi) is 5.21. The van der Waals surface area contributed by atoms with Crippen molar-refractivity contribution in [3.8, 4) is 5.75 Å². The van der Waals surface area contributed by atoms with Crippen molar-refractivity contribution in [2.24, 2.45) is 0 Å². The summed E-state index contributed by atoms with van der Waals surface area (Å²) in [5.41, 5.74) is 2.85. The van der Waals surface area contributed by atoms with Gasteiger partial charge in [0, 0.05) is 17.4 Å². The van der Waals surface area contributed by atoms with E-state index in [1.165, 1.54) is 5.56 Å². The largest absolute Gasteiger partial charge is 0.494 e. The van der Waals surface area contributed by atoms with E-state index in [1.54, 1.807) is 0 Å². The van der Waals surface area contributed by atoms with Crippen LogP contribution >= 0.6 is 0 Å². The van der Waals surface area contributed by atoms with E-state index in [4.69, 9.17) is 4.74 Å². The number of aryl methyl sites for hydroxylation is 1. The third kappa shape index (κ3) is 4.84. The number of ether oxygens (including phenoxy) is 1.